The number of anilines is 1. The Labute approximate surface area is 103 Å². The lowest BCUT2D eigenvalue weighted by Gasteiger charge is -2.04. The van der Waals surface area contributed by atoms with Crippen LogP contribution in [0.4, 0.5) is 5.82 Å². The van der Waals surface area contributed by atoms with Gasteiger partial charge in [-0.15, -0.1) is 0 Å². The largest absolute Gasteiger partial charge is 0.384 e. The number of hydrogen-bond acceptors (Lipinski definition) is 3. The van der Waals surface area contributed by atoms with Crippen molar-refractivity contribution in [2.24, 2.45) is 0 Å². The zero-order valence-corrected chi connectivity index (χ0v) is 9.59. The van der Waals surface area contributed by atoms with E-state index >= 15 is 0 Å². The lowest BCUT2D eigenvalue weighted by atomic mass is 10.1. The molecule has 0 amide bonds. The summed E-state index contributed by atoms with van der Waals surface area (Å²) in [5, 5.41) is 4.75. The summed E-state index contributed by atoms with van der Waals surface area (Å²) in [6.07, 6.45) is 1.67. The molecule has 0 aliphatic rings. The summed E-state index contributed by atoms with van der Waals surface area (Å²) in [4.78, 5) is 4.47. The van der Waals surface area contributed by atoms with Gasteiger partial charge in [-0.3, -0.25) is 0 Å². The van der Waals surface area contributed by atoms with Crippen LogP contribution >= 0.6 is 11.6 Å². The van der Waals surface area contributed by atoms with Gasteiger partial charge in [-0.25, -0.2) is 4.98 Å². The van der Waals surface area contributed by atoms with Gasteiger partial charge in [-0.2, -0.15) is 9.61 Å². The highest BCUT2D eigenvalue weighted by molar-refractivity contribution is 6.30. The fourth-order valence-corrected chi connectivity index (χ4v) is 1.92. The van der Waals surface area contributed by atoms with Crippen molar-refractivity contribution in [2.45, 2.75) is 0 Å². The molecular weight excluding hydrogens is 236 g/mol. The molecule has 2 aromatic heterocycles. The van der Waals surface area contributed by atoms with E-state index in [9.17, 15) is 0 Å². The van der Waals surface area contributed by atoms with E-state index in [1.54, 1.807) is 16.8 Å². The second-order valence-electron chi connectivity index (χ2n) is 3.68. The second kappa shape index (κ2) is 3.75. The Kier molecular flexibility index (Phi) is 2.23. The SMILES string of the molecule is Nc1cc(-c2cccc(Cl)c2)nc2ccnn12. The maximum Gasteiger partial charge on any atom is 0.157 e. The Bertz CT molecular complexity index is 690. The number of nitrogen functional groups attached to an aromatic ring is 1. The van der Waals surface area contributed by atoms with Crippen molar-refractivity contribution in [3.8, 4) is 11.3 Å². The predicted molar refractivity (Wildman–Crippen MR) is 67.8 cm³/mol. The van der Waals surface area contributed by atoms with Crippen molar-refractivity contribution in [3.63, 3.8) is 0 Å². The van der Waals surface area contributed by atoms with Gasteiger partial charge in [-0.05, 0) is 12.1 Å². The quantitative estimate of drug-likeness (QED) is 0.716. The summed E-state index contributed by atoms with van der Waals surface area (Å²) >= 11 is 5.96. The number of benzene rings is 1. The Balaban J connectivity index is 2.23. The van der Waals surface area contributed by atoms with E-state index in [4.69, 9.17) is 17.3 Å². The van der Waals surface area contributed by atoms with Gasteiger partial charge in [0.05, 0.1) is 11.9 Å². The third-order valence-electron chi connectivity index (χ3n) is 2.51. The van der Waals surface area contributed by atoms with Crippen LogP contribution < -0.4 is 5.73 Å². The summed E-state index contributed by atoms with van der Waals surface area (Å²) in [6, 6.07) is 11.1. The molecule has 0 aliphatic heterocycles. The molecule has 5 heteroatoms. The summed E-state index contributed by atoms with van der Waals surface area (Å²) in [6.45, 7) is 0. The number of fused-ring (bicyclic) bond motifs is 1. The highest BCUT2D eigenvalue weighted by Gasteiger charge is 2.05. The highest BCUT2D eigenvalue weighted by Crippen LogP contribution is 2.23. The number of nitrogens with two attached hydrogens (primary N) is 1. The molecular formula is C12H9ClN4. The molecule has 0 saturated heterocycles. The molecule has 0 radical (unpaired) electrons. The number of rotatable bonds is 1. The van der Waals surface area contributed by atoms with Gasteiger partial charge in [0.1, 0.15) is 5.82 Å². The first-order valence-electron chi connectivity index (χ1n) is 5.10. The van der Waals surface area contributed by atoms with Gasteiger partial charge in [0.25, 0.3) is 0 Å². The molecule has 2 N–H and O–H groups in total. The normalized spacial score (nSPS) is 10.9. The van der Waals surface area contributed by atoms with Crippen LogP contribution in [0.2, 0.25) is 5.02 Å². The van der Waals surface area contributed by atoms with Gasteiger partial charge < -0.3 is 5.73 Å². The molecule has 0 atom stereocenters. The number of halogens is 1. The Morgan fingerprint density at radius 1 is 1.18 bits per heavy atom. The zero-order chi connectivity index (χ0) is 11.8. The summed E-state index contributed by atoms with van der Waals surface area (Å²) in [7, 11) is 0. The fourth-order valence-electron chi connectivity index (χ4n) is 1.73. The van der Waals surface area contributed by atoms with Gasteiger partial charge in [0.15, 0.2) is 5.65 Å². The molecule has 0 unspecified atom stereocenters. The summed E-state index contributed by atoms with van der Waals surface area (Å²) in [5.74, 6) is 0.551. The minimum Gasteiger partial charge on any atom is -0.384 e. The molecule has 0 fully saturated rings. The molecule has 17 heavy (non-hydrogen) atoms. The first kappa shape index (κ1) is 10.1. The predicted octanol–water partition coefficient (Wildman–Crippen LogP) is 2.63. The maximum absolute atomic E-state index is 5.96. The molecule has 0 bridgehead atoms. The van der Waals surface area contributed by atoms with Crippen LogP contribution in [-0.2, 0) is 0 Å². The number of nitrogens with zero attached hydrogens (tertiary/aromatic N) is 3. The average molecular weight is 245 g/mol. The van der Waals surface area contributed by atoms with E-state index in [1.165, 1.54) is 0 Å². The molecule has 0 saturated carbocycles. The molecule has 2 heterocycles. The van der Waals surface area contributed by atoms with Gasteiger partial charge in [-0.1, -0.05) is 23.7 Å². The average Bonchev–Trinajstić information content (AvgIpc) is 2.77. The van der Waals surface area contributed by atoms with Crippen LogP contribution in [0.15, 0.2) is 42.6 Å². The van der Waals surface area contributed by atoms with Gasteiger partial charge in [0.2, 0.25) is 0 Å². The lowest BCUT2D eigenvalue weighted by Crippen LogP contribution is -2.00. The second-order valence-corrected chi connectivity index (χ2v) is 4.11. The van der Waals surface area contributed by atoms with Crippen LogP contribution in [0.1, 0.15) is 0 Å². The minimum absolute atomic E-state index is 0.551. The lowest BCUT2D eigenvalue weighted by molar-refractivity contribution is 0.954. The summed E-state index contributed by atoms with van der Waals surface area (Å²) < 4.78 is 1.59. The van der Waals surface area contributed by atoms with Crippen LogP contribution in [0, 0.1) is 0 Å². The molecule has 0 aliphatic carbocycles. The number of aromatic nitrogens is 3. The van der Waals surface area contributed by atoms with E-state index in [-0.39, 0.29) is 0 Å². The van der Waals surface area contributed by atoms with Crippen molar-refractivity contribution in [1.29, 1.82) is 0 Å². The van der Waals surface area contributed by atoms with Crippen molar-refractivity contribution in [1.82, 2.24) is 14.6 Å². The standard InChI is InChI=1S/C12H9ClN4/c13-9-3-1-2-8(6-9)10-7-11(14)17-12(16-10)4-5-15-17/h1-7H,14H2. The number of hydrogen-bond donors (Lipinski definition) is 1. The van der Waals surface area contributed by atoms with E-state index in [1.807, 2.05) is 30.3 Å². The Morgan fingerprint density at radius 2 is 2.06 bits per heavy atom. The molecule has 1 aromatic carbocycles. The minimum atomic E-state index is 0.551. The van der Waals surface area contributed by atoms with E-state index in [0.29, 0.717) is 10.8 Å². The van der Waals surface area contributed by atoms with E-state index < -0.39 is 0 Å². The van der Waals surface area contributed by atoms with E-state index in [0.717, 1.165) is 16.9 Å². The molecule has 0 spiro atoms. The first-order chi connectivity index (χ1) is 8.24. The van der Waals surface area contributed by atoms with Crippen molar-refractivity contribution in [2.75, 3.05) is 5.73 Å². The highest BCUT2D eigenvalue weighted by atomic mass is 35.5. The summed E-state index contributed by atoms with van der Waals surface area (Å²) in [5.41, 5.74) is 8.35. The van der Waals surface area contributed by atoms with E-state index in [2.05, 4.69) is 10.1 Å². The van der Waals surface area contributed by atoms with Gasteiger partial charge >= 0.3 is 0 Å². The van der Waals surface area contributed by atoms with Crippen LogP contribution in [0.25, 0.3) is 16.9 Å². The third kappa shape index (κ3) is 1.72. The Hall–Kier alpha value is -2.07. The van der Waals surface area contributed by atoms with Crippen LogP contribution in [-0.4, -0.2) is 14.6 Å². The van der Waals surface area contributed by atoms with Gasteiger partial charge in [0, 0.05) is 22.7 Å². The monoisotopic (exact) mass is 244 g/mol. The molecule has 84 valence electrons. The first-order valence-corrected chi connectivity index (χ1v) is 5.48. The topological polar surface area (TPSA) is 56.2 Å². The van der Waals surface area contributed by atoms with Crippen molar-refractivity contribution >= 4 is 23.1 Å². The third-order valence-corrected chi connectivity index (χ3v) is 2.74. The Morgan fingerprint density at radius 3 is 2.88 bits per heavy atom. The fraction of sp³-hybridized carbons (Fsp3) is 0. The van der Waals surface area contributed by atoms with Crippen molar-refractivity contribution in [3.05, 3.63) is 47.6 Å². The van der Waals surface area contributed by atoms with Crippen LogP contribution in [0.5, 0.6) is 0 Å². The molecule has 3 aromatic rings. The smallest absolute Gasteiger partial charge is 0.157 e. The van der Waals surface area contributed by atoms with Crippen LogP contribution in [0.3, 0.4) is 0 Å². The van der Waals surface area contributed by atoms with Crippen molar-refractivity contribution < 1.29 is 0 Å². The zero-order valence-electron chi connectivity index (χ0n) is 8.84. The maximum atomic E-state index is 5.96. The molecule has 4 nitrogen and oxygen atoms in total. The molecule has 3 rings (SSSR count).